The van der Waals surface area contributed by atoms with Crippen LogP contribution in [0.25, 0.3) is 0 Å². The standard InChI is InChI=1S/C39H51ClN3O5S/c1-27-5-3-7-36(47-20-19-42-17-14-32(46-2)15-18-42)33-11-8-30(33)23-43-25-39(16-4-6-28-21-31(40)10-12-34(28)39)26-48-37-13-9-29(22-35(37)43)38(44)41-49(45)24-27/h3,7,9-10,12-13,21-22,27,30,32-33,36H,4-6,8,11,14-20,23-26H2,1-2H3/q-1/b7-3+/t27-,30-,33+,36-,39-/m0/s1. The maximum atomic E-state index is 13.3. The van der Waals surface area contributed by atoms with Gasteiger partial charge in [-0.1, -0.05) is 48.4 Å². The van der Waals surface area contributed by atoms with Gasteiger partial charge in [0.05, 0.1) is 31.1 Å². The zero-order valence-corrected chi connectivity index (χ0v) is 30.6. The molecule has 7 rings (SSSR count). The molecule has 2 aliphatic carbocycles. The van der Waals surface area contributed by atoms with Crippen LogP contribution in [0.15, 0.2) is 52.9 Å². The van der Waals surface area contributed by atoms with E-state index in [0.29, 0.717) is 42.5 Å². The number of piperidine rings is 1. The van der Waals surface area contributed by atoms with Crippen LogP contribution in [0.3, 0.4) is 0 Å². The van der Waals surface area contributed by atoms with E-state index in [0.717, 1.165) is 101 Å². The molecule has 266 valence electrons. The Bertz CT molecular complexity index is 1620. The van der Waals surface area contributed by atoms with Gasteiger partial charge in [0.15, 0.2) is 0 Å². The number of nitrogens with zero attached hydrogens (tertiary/aromatic N) is 3. The van der Waals surface area contributed by atoms with Crippen LogP contribution < -0.4 is 9.64 Å². The van der Waals surface area contributed by atoms with Crippen molar-refractivity contribution in [2.45, 2.75) is 75.9 Å². The van der Waals surface area contributed by atoms with E-state index >= 15 is 0 Å². The van der Waals surface area contributed by atoms with E-state index in [-0.39, 0.29) is 17.4 Å². The Hall–Kier alpha value is -2.43. The molecule has 1 saturated carbocycles. The first-order valence-electron chi connectivity index (χ1n) is 18.3. The van der Waals surface area contributed by atoms with Crippen molar-refractivity contribution in [2.24, 2.45) is 22.1 Å². The number of amides is 1. The van der Waals surface area contributed by atoms with Crippen molar-refractivity contribution in [2.75, 3.05) is 63.7 Å². The molecular weight excluding hydrogens is 658 g/mol. The molecule has 5 aliphatic rings. The number of allylic oxidation sites excluding steroid dienone is 1. The van der Waals surface area contributed by atoms with Crippen LogP contribution in [-0.2, 0) is 36.1 Å². The lowest BCUT2D eigenvalue weighted by Gasteiger charge is -2.46. The first-order chi connectivity index (χ1) is 23.8. The van der Waals surface area contributed by atoms with E-state index < -0.39 is 16.5 Å². The van der Waals surface area contributed by atoms with Crippen molar-refractivity contribution in [1.29, 1.82) is 0 Å². The maximum absolute atomic E-state index is 13.3. The number of aryl methyl sites for hydroxylation is 1. The van der Waals surface area contributed by atoms with Gasteiger partial charge in [0.1, 0.15) is 5.75 Å². The van der Waals surface area contributed by atoms with Gasteiger partial charge in [-0.25, -0.2) is 0 Å². The third kappa shape index (κ3) is 7.91. The first-order valence-corrected chi connectivity index (χ1v) is 19.9. The smallest absolute Gasteiger partial charge is 0.254 e. The summed E-state index contributed by atoms with van der Waals surface area (Å²) < 4.78 is 36.1. The highest BCUT2D eigenvalue weighted by molar-refractivity contribution is 7.75. The van der Waals surface area contributed by atoms with Gasteiger partial charge in [-0.15, -0.1) is 0 Å². The summed E-state index contributed by atoms with van der Waals surface area (Å²) in [6.07, 6.45) is 13.2. The molecule has 1 amide bonds. The summed E-state index contributed by atoms with van der Waals surface area (Å²) in [5, 5.41) is 0.771. The fourth-order valence-electron chi connectivity index (χ4n) is 8.73. The van der Waals surface area contributed by atoms with Crippen molar-refractivity contribution in [3.63, 3.8) is 0 Å². The number of rotatable bonds is 5. The van der Waals surface area contributed by atoms with Gasteiger partial charge < -0.3 is 32.6 Å². The Morgan fingerprint density at radius 3 is 2.78 bits per heavy atom. The summed E-state index contributed by atoms with van der Waals surface area (Å²) in [5.41, 5.74) is 3.80. The van der Waals surface area contributed by atoms with E-state index in [1.165, 1.54) is 11.1 Å². The summed E-state index contributed by atoms with van der Waals surface area (Å²) in [6.45, 7) is 7.99. The topological polar surface area (TPSA) is 80.7 Å². The van der Waals surface area contributed by atoms with Crippen molar-refractivity contribution in [3.05, 3.63) is 70.3 Å². The van der Waals surface area contributed by atoms with E-state index in [4.69, 9.17) is 25.8 Å². The molecule has 8 nitrogen and oxygen atoms in total. The molecule has 2 fully saturated rings. The fourth-order valence-corrected chi connectivity index (χ4v) is 9.91. The molecule has 0 radical (unpaired) electrons. The van der Waals surface area contributed by atoms with Crippen LogP contribution >= 0.6 is 11.6 Å². The van der Waals surface area contributed by atoms with Gasteiger partial charge in [0.25, 0.3) is 5.91 Å². The summed E-state index contributed by atoms with van der Waals surface area (Å²) in [4.78, 5) is 18.3. The quantitative estimate of drug-likeness (QED) is 0.240. The molecule has 3 heterocycles. The van der Waals surface area contributed by atoms with E-state index in [9.17, 15) is 9.00 Å². The predicted octanol–water partition coefficient (Wildman–Crippen LogP) is 7.22. The molecule has 2 bridgehead atoms. The van der Waals surface area contributed by atoms with Crippen molar-refractivity contribution < 1.29 is 23.2 Å². The van der Waals surface area contributed by atoms with Crippen molar-refractivity contribution >= 4 is 33.8 Å². The molecule has 0 unspecified atom stereocenters. The van der Waals surface area contributed by atoms with Gasteiger partial charge in [-0.05, 0) is 105 Å². The number of carbonyl (C=O) groups excluding carboxylic acids is 1. The molecule has 10 heteroatoms. The average Bonchev–Trinajstić information content (AvgIpc) is 3.23. The third-order valence-corrected chi connectivity index (χ3v) is 13.2. The number of fused-ring (bicyclic) bond motifs is 4. The lowest BCUT2D eigenvalue weighted by molar-refractivity contribution is -0.0274. The number of ether oxygens (including phenoxy) is 3. The van der Waals surface area contributed by atoms with Crippen molar-refractivity contribution in [3.8, 4) is 5.75 Å². The Balaban J connectivity index is 1.19. The van der Waals surface area contributed by atoms with Crippen LogP contribution in [0.1, 0.15) is 73.4 Å². The number of carbonyl (C=O) groups is 1. The van der Waals surface area contributed by atoms with Gasteiger partial charge in [0, 0.05) is 55.8 Å². The summed E-state index contributed by atoms with van der Waals surface area (Å²) in [6, 6.07) is 11.9. The molecule has 1 saturated heterocycles. The molecule has 49 heavy (non-hydrogen) atoms. The van der Waals surface area contributed by atoms with Crippen LogP contribution in [-0.4, -0.2) is 81.8 Å². The monoisotopic (exact) mass is 708 g/mol. The number of anilines is 1. The van der Waals surface area contributed by atoms with Gasteiger partial charge in [-0.3, -0.25) is 4.79 Å². The van der Waals surface area contributed by atoms with Gasteiger partial charge in [-0.2, -0.15) is 10.6 Å². The fraction of sp³-hybridized carbons (Fsp3) is 0.615. The molecule has 0 aromatic heterocycles. The highest BCUT2D eigenvalue weighted by atomic mass is 35.5. The predicted molar refractivity (Wildman–Crippen MR) is 195 cm³/mol. The number of methoxy groups -OCH3 is 1. The third-order valence-electron chi connectivity index (χ3n) is 11.7. The largest absolute Gasteiger partial charge is 0.490 e. The Kier molecular flexibility index (Phi) is 11.0. The van der Waals surface area contributed by atoms with Gasteiger partial charge >= 0.3 is 0 Å². The normalized spacial score (nSPS) is 30.8. The molecule has 3 aliphatic heterocycles. The average molecular weight is 709 g/mol. The molecule has 2 aromatic rings. The molecule has 2 aromatic carbocycles. The second kappa shape index (κ2) is 15.4. The highest BCUT2D eigenvalue weighted by Crippen LogP contribution is 2.47. The second-order valence-electron chi connectivity index (χ2n) is 15.1. The van der Waals surface area contributed by atoms with Gasteiger partial charge in [0.2, 0.25) is 0 Å². The molecule has 5 atom stereocenters. The van der Waals surface area contributed by atoms with Crippen molar-refractivity contribution in [1.82, 2.24) is 4.90 Å². The SMILES string of the molecule is COC1CCN(CCO[C@H]2/C=C/C[C@H](C)C[S-](=O)=NC(=O)c3ccc4c(c3)N(C[C@@H]3CC[C@H]32)C[C@@]2(CCCc3cc(Cl)ccc32)CO4)CC1. The number of hydrogen-bond donors (Lipinski definition) is 0. The maximum Gasteiger partial charge on any atom is 0.254 e. The Labute approximate surface area is 298 Å². The summed E-state index contributed by atoms with van der Waals surface area (Å²) in [5.74, 6) is 1.65. The Morgan fingerprint density at radius 2 is 1.98 bits per heavy atom. The summed E-state index contributed by atoms with van der Waals surface area (Å²) in [7, 11) is 0.209. The van der Waals surface area contributed by atoms with E-state index in [1.807, 2.05) is 25.3 Å². The van der Waals surface area contributed by atoms with Crippen LogP contribution in [0.5, 0.6) is 5.75 Å². The zero-order chi connectivity index (χ0) is 34.0. The zero-order valence-electron chi connectivity index (χ0n) is 29.0. The van der Waals surface area contributed by atoms with Crippen LogP contribution in [0.4, 0.5) is 5.69 Å². The van der Waals surface area contributed by atoms with E-state index in [1.54, 1.807) is 6.07 Å². The second-order valence-corrected chi connectivity index (χ2v) is 16.6. The number of likely N-dealkylation sites (tertiary alicyclic amines) is 1. The lowest BCUT2D eigenvalue weighted by Crippen LogP contribution is -2.50. The summed E-state index contributed by atoms with van der Waals surface area (Å²) >= 11 is 6.47. The molecular formula is C39H51ClN3O5S-. The minimum atomic E-state index is -1.60. The highest BCUT2D eigenvalue weighted by Gasteiger charge is 2.44. The number of halogens is 1. The number of hydrogen-bond acceptors (Lipinski definition) is 8. The number of benzene rings is 2. The minimum absolute atomic E-state index is 0.0210. The Morgan fingerprint density at radius 1 is 1.12 bits per heavy atom. The first kappa shape index (κ1) is 35.0. The lowest BCUT2D eigenvalue weighted by atomic mass is 9.68. The van der Waals surface area contributed by atoms with Crippen LogP contribution in [0.2, 0.25) is 5.02 Å². The minimum Gasteiger partial charge on any atom is -0.490 e. The van der Waals surface area contributed by atoms with E-state index in [2.05, 4.69) is 45.4 Å². The van der Waals surface area contributed by atoms with Crippen LogP contribution in [0, 0.1) is 17.8 Å². The molecule has 1 spiro atoms. The molecule has 0 N–H and O–H groups in total.